The summed E-state index contributed by atoms with van der Waals surface area (Å²) in [5.74, 6) is 0.894. The van der Waals surface area contributed by atoms with Crippen LogP contribution in [0.5, 0.6) is 0 Å². The van der Waals surface area contributed by atoms with E-state index in [2.05, 4.69) is 23.8 Å². The Morgan fingerprint density at radius 1 is 1.58 bits per heavy atom. The molecular formula is C12H17ClN4O2. The van der Waals surface area contributed by atoms with E-state index in [0.29, 0.717) is 17.8 Å². The van der Waals surface area contributed by atoms with Gasteiger partial charge in [-0.15, -0.1) is 0 Å². The molecule has 0 N–H and O–H groups in total. The van der Waals surface area contributed by atoms with Gasteiger partial charge >= 0.3 is 5.69 Å². The van der Waals surface area contributed by atoms with E-state index in [4.69, 9.17) is 11.6 Å². The van der Waals surface area contributed by atoms with E-state index >= 15 is 0 Å². The van der Waals surface area contributed by atoms with Gasteiger partial charge in [-0.2, -0.15) is 4.98 Å². The topological polar surface area (TPSA) is 72.2 Å². The normalized spacial score (nSPS) is 14.7. The van der Waals surface area contributed by atoms with Gasteiger partial charge < -0.3 is 4.90 Å². The molecule has 1 aliphatic rings. The third-order valence-corrected chi connectivity index (χ3v) is 3.31. The van der Waals surface area contributed by atoms with Gasteiger partial charge in [-0.25, -0.2) is 4.98 Å². The van der Waals surface area contributed by atoms with Crippen LogP contribution in [-0.2, 0) is 0 Å². The lowest BCUT2D eigenvalue weighted by atomic mass is 10.1. The molecule has 0 spiro atoms. The van der Waals surface area contributed by atoms with Gasteiger partial charge in [0.1, 0.15) is 6.20 Å². The number of hydrogen-bond donors (Lipinski definition) is 0. The Bertz CT molecular complexity index is 477. The first-order chi connectivity index (χ1) is 8.99. The minimum Gasteiger partial charge on any atom is -0.348 e. The number of halogens is 1. The van der Waals surface area contributed by atoms with Crippen LogP contribution in [0.2, 0.25) is 5.28 Å². The number of nitro groups is 1. The van der Waals surface area contributed by atoms with Gasteiger partial charge in [-0.1, -0.05) is 13.8 Å². The summed E-state index contributed by atoms with van der Waals surface area (Å²) in [5, 5.41) is 11.1. The molecule has 0 atom stereocenters. The summed E-state index contributed by atoms with van der Waals surface area (Å²) in [7, 11) is 0. The van der Waals surface area contributed by atoms with Crippen LogP contribution in [0.1, 0.15) is 33.1 Å². The van der Waals surface area contributed by atoms with E-state index < -0.39 is 4.92 Å². The maximum Gasteiger partial charge on any atom is 0.329 e. The zero-order valence-corrected chi connectivity index (χ0v) is 11.8. The third kappa shape index (κ3) is 3.53. The molecule has 2 rings (SSSR count). The van der Waals surface area contributed by atoms with Crippen LogP contribution in [-0.4, -0.2) is 27.5 Å². The molecule has 0 radical (unpaired) electrons. The standard InChI is InChI=1S/C12H17ClN4O2/c1-8(2)5-6-16(9-3-4-9)11-10(17(18)19)7-14-12(13)15-11/h7-9H,3-6H2,1-2H3. The van der Waals surface area contributed by atoms with Gasteiger partial charge in [0.25, 0.3) is 0 Å². The highest BCUT2D eigenvalue weighted by Crippen LogP contribution is 2.36. The molecule has 6 nitrogen and oxygen atoms in total. The molecule has 1 aliphatic carbocycles. The number of aromatic nitrogens is 2. The van der Waals surface area contributed by atoms with Crippen molar-refractivity contribution in [1.29, 1.82) is 0 Å². The van der Waals surface area contributed by atoms with Gasteiger partial charge in [-0.3, -0.25) is 10.1 Å². The minimum atomic E-state index is -0.448. The van der Waals surface area contributed by atoms with Crippen molar-refractivity contribution in [2.24, 2.45) is 5.92 Å². The summed E-state index contributed by atoms with van der Waals surface area (Å²) in [6, 6.07) is 0.350. The Morgan fingerprint density at radius 2 is 2.26 bits per heavy atom. The molecule has 0 bridgehead atoms. The van der Waals surface area contributed by atoms with E-state index in [-0.39, 0.29) is 11.0 Å². The number of nitrogens with zero attached hydrogens (tertiary/aromatic N) is 4. The predicted molar refractivity (Wildman–Crippen MR) is 73.5 cm³/mol. The Kier molecular flexibility index (Phi) is 4.19. The lowest BCUT2D eigenvalue weighted by molar-refractivity contribution is -0.384. The fraction of sp³-hybridized carbons (Fsp3) is 0.667. The smallest absolute Gasteiger partial charge is 0.329 e. The van der Waals surface area contributed by atoms with Crippen molar-refractivity contribution < 1.29 is 4.92 Å². The number of hydrogen-bond acceptors (Lipinski definition) is 5. The van der Waals surface area contributed by atoms with Crippen molar-refractivity contribution in [2.75, 3.05) is 11.4 Å². The highest BCUT2D eigenvalue weighted by atomic mass is 35.5. The van der Waals surface area contributed by atoms with E-state index in [9.17, 15) is 10.1 Å². The summed E-state index contributed by atoms with van der Waals surface area (Å²) >= 11 is 5.78. The molecule has 0 unspecified atom stereocenters. The van der Waals surface area contributed by atoms with Crippen molar-refractivity contribution in [3.63, 3.8) is 0 Å². The molecule has 7 heteroatoms. The number of rotatable bonds is 6. The molecule has 1 aromatic heterocycles. The molecular weight excluding hydrogens is 268 g/mol. The Balaban J connectivity index is 2.29. The van der Waals surface area contributed by atoms with Crippen LogP contribution < -0.4 is 4.90 Å². The maximum absolute atomic E-state index is 11.1. The molecule has 1 heterocycles. The van der Waals surface area contributed by atoms with Crippen LogP contribution >= 0.6 is 11.6 Å². The lowest BCUT2D eigenvalue weighted by Crippen LogP contribution is -2.29. The van der Waals surface area contributed by atoms with Crippen molar-refractivity contribution in [3.8, 4) is 0 Å². The molecule has 0 saturated heterocycles. The van der Waals surface area contributed by atoms with E-state index in [1.54, 1.807) is 0 Å². The first kappa shape index (κ1) is 14.0. The van der Waals surface area contributed by atoms with Crippen molar-refractivity contribution >= 4 is 23.1 Å². The Hall–Kier alpha value is -1.43. The second-order valence-corrected chi connectivity index (χ2v) is 5.55. The van der Waals surface area contributed by atoms with Gasteiger partial charge in [-0.05, 0) is 36.8 Å². The Labute approximate surface area is 117 Å². The van der Waals surface area contributed by atoms with Crippen molar-refractivity contribution in [2.45, 2.75) is 39.2 Å². The highest BCUT2D eigenvalue weighted by molar-refractivity contribution is 6.28. The van der Waals surface area contributed by atoms with E-state index in [1.165, 1.54) is 6.20 Å². The van der Waals surface area contributed by atoms with Gasteiger partial charge in [0.05, 0.1) is 4.92 Å². The third-order valence-electron chi connectivity index (χ3n) is 3.12. The highest BCUT2D eigenvalue weighted by Gasteiger charge is 2.34. The largest absolute Gasteiger partial charge is 0.348 e. The first-order valence-corrected chi connectivity index (χ1v) is 6.80. The summed E-state index contributed by atoms with van der Waals surface area (Å²) in [6.07, 6.45) is 4.26. The second kappa shape index (κ2) is 5.69. The molecule has 19 heavy (non-hydrogen) atoms. The quantitative estimate of drug-likeness (QED) is 0.456. The fourth-order valence-corrected chi connectivity index (χ4v) is 2.06. The van der Waals surface area contributed by atoms with Crippen LogP contribution in [0.25, 0.3) is 0 Å². The van der Waals surface area contributed by atoms with E-state index in [1.807, 2.05) is 4.90 Å². The van der Waals surface area contributed by atoms with Crippen LogP contribution in [0, 0.1) is 16.0 Å². The molecule has 1 saturated carbocycles. The monoisotopic (exact) mass is 284 g/mol. The zero-order valence-electron chi connectivity index (χ0n) is 11.0. The average molecular weight is 285 g/mol. The molecule has 104 valence electrons. The molecule has 1 aromatic rings. The first-order valence-electron chi connectivity index (χ1n) is 6.42. The van der Waals surface area contributed by atoms with Crippen molar-refractivity contribution in [3.05, 3.63) is 21.6 Å². The number of anilines is 1. The Morgan fingerprint density at radius 3 is 2.79 bits per heavy atom. The minimum absolute atomic E-state index is 0.0517. The molecule has 1 fully saturated rings. The van der Waals surface area contributed by atoms with Crippen molar-refractivity contribution in [1.82, 2.24) is 9.97 Å². The molecule has 0 amide bonds. The lowest BCUT2D eigenvalue weighted by Gasteiger charge is -2.23. The summed E-state index contributed by atoms with van der Waals surface area (Å²) in [4.78, 5) is 20.4. The SMILES string of the molecule is CC(C)CCN(c1nc(Cl)ncc1[N+](=O)[O-])C1CC1. The van der Waals surface area contributed by atoms with Crippen LogP contribution in [0.3, 0.4) is 0 Å². The summed E-state index contributed by atoms with van der Waals surface area (Å²) in [5.41, 5.74) is -0.0694. The van der Waals surface area contributed by atoms with Gasteiger partial charge in [0.2, 0.25) is 11.1 Å². The zero-order chi connectivity index (χ0) is 14.0. The fourth-order valence-electron chi connectivity index (χ4n) is 1.93. The summed E-state index contributed by atoms with van der Waals surface area (Å²) in [6.45, 7) is 5.02. The average Bonchev–Trinajstić information content (AvgIpc) is 3.13. The molecule has 0 aliphatic heterocycles. The second-order valence-electron chi connectivity index (χ2n) is 5.21. The predicted octanol–water partition coefficient (Wildman–Crippen LogP) is 3.05. The van der Waals surface area contributed by atoms with E-state index in [0.717, 1.165) is 25.8 Å². The maximum atomic E-state index is 11.1. The van der Waals surface area contributed by atoms with Gasteiger partial charge in [0.15, 0.2) is 0 Å². The van der Waals surface area contributed by atoms with Gasteiger partial charge in [0, 0.05) is 12.6 Å². The van der Waals surface area contributed by atoms with Crippen LogP contribution in [0.15, 0.2) is 6.20 Å². The molecule has 0 aromatic carbocycles. The van der Waals surface area contributed by atoms with Crippen LogP contribution in [0.4, 0.5) is 11.5 Å². The summed E-state index contributed by atoms with van der Waals surface area (Å²) < 4.78 is 0.